The molecule has 1 nitrogen and oxygen atoms in total. The number of hydrogen-bond acceptors (Lipinski definition) is 1. The fourth-order valence-corrected chi connectivity index (χ4v) is 2.74. The molecule has 1 heteroatoms. The van der Waals surface area contributed by atoms with Crippen LogP contribution in [0.4, 0.5) is 0 Å². The molecule has 14 heavy (non-hydrogen) atoms. The predicted molar refractivity (Wildman–Crippen MR) is 65.4 cm³/mol. The van der Waals surface area contributed by atoms with Crippen LogP contribution >= 0.6 is 0 Å². The Morgan fingerprint density at radius 3 is 1.79 bits per heavy atom. The highest BCUT2D eigenvalue weighted by molar-refractivity contribution is 4.83. The van der Waals surface area contributed by atoms with Gasteiger partial charge in [0.25, 0.3) is 0 Å². The second kappa shape index (κ2) is 7.28. The van der Waals surface area contributed by atoms with Crippen molar-refractivity contribution in [2.24, 2.45) is 17.1 Å². The van der Waals surface area contributed by atoms with E-state index in [-0.39, 0.29) is 0 Å². The minimum absolute atomic E-state index is 0.518. The highest BCUT2D eigenvalue weighted by Crippen LogP contribution is 2.40. The summed E-state index contributed by atoms with van der Waals surface area (Å²) in [5, 5.41) is 0. The molecule has 1 atom stereocenters. The van der Waals surface area contributed by atoms with E-state index >= 15 is 0 Å². The summed E-state index contributed by atoms with van der Waals surface area (Å²) in [6.07, 6.45) is 7.80. The van der Waals surface area contributed by atoms with Crippen molar-refractivity contribution < 1.29 is 0 Å². The van der Waals surface area contributed by atoms with Crippen LogP contribution in [-0.4, -0.2) is 6.54 Å². The Morgan fingerprint density at radius 1 is 1.00 bits per heavy atom. The van der Waals surface area contributed by atoms with Gasteiger partial charge in [-0.05, 0) is 24.3 Å². The van der Waals surface area contributed by atoms with Gasteiger partial charge in [0.1, 0.15) is 0 Å². The van der Waals surface area contributed by atoms with Crippen LogP contribution in [0.15, 0.2) is 0 Å². The molecule has 0 amide bonds. The zero-order valence-electron chi connectivity index (χ0n) is 10.6. The van der Waals surface area contributed by atoms with Gasteiger partial charge in [0.2, 0.25) is 0 Å². The average Bonchev–Trinajstić information content (AvgIpc) is 2.25. The van der Waals surface area contributed by atoms with Crippen LogP contribution in [0.1, 0.15) is 66.2 Å². The maximum Gasteiger partial charge on any atom is -0.00436 e. The van der Waals surface area contributed by atoms with Crippen molar-refractivity contribution in [2.45, 2.75) is 66.2 Å². The molecular formula is C13H29N. The molecule has 0 fully saturated rings. The fourth-order valence-electron chi connectivity index (χ4n) is 2.74. The standard InChI is InChI=1S/C13H29N/c1-5-9-10-12(11-14)13(6-2,7-3)8-4/h12H,5-11,14H2,1-4H3. The second-order valence-corrected chi connectivity index (χ2v) is 4.50. The lowest BCUT2D eigenvalue weighted by Crippen LogP contribution is -2.34. The van der Waals surface area contributed by atoms with E-state index in [9.17, 15) is 0 Å². The van der Waals surface area contributed by atoms with Gasteiger partial charge < -0.3 is 5.73 Å². The lowest BCUT2D eigenvalue weighted by Gasteiger charge is -2.38. The summed E-state index contributed by atoms with van der Waals surface area (Å²) in [4.78, 5) is 0. The van der Waals surface area contributed by atoms with Gasteiger partial charge in [-0.15, -0.1) is 0 Å². The summed E-state index contributed by atoms with van der Waals surface area (Å²) in [7, 11) is 0. The average molecular weight is 199 g/mol. The first-order valence-electron chi connectivity index (χ1n) is 6.40. The summed E-state index contributed by atoms with van der Waals surface area (Å²) < 4.78 is 0. The summed E-state index contributed by atoms with van der Waals surface area (Å²) in [5.41, 5.74) is 6.44. The molecule has 0 saturated carbocycles. The Balaban J connectivity index is 4.40. The summed E-state index contributed by atoms with van der Waals surface area (Å²) in [6, 6.07) is 0. The first kappa shape index (κ1) is 14.0. The van der Waals surface area contributed by atoms with Gasteiger partial charge in [0.05, 0.1) is 0 Å². The molecule has 0 saturated heterocycles. The van der Waals surface area contributed by atoms with Gasteiger partial charge in [-0.3, -0.25) is 0 Å². The molecule has 0 aliphatic heterocycles. The van der Waals surface area contributed by atoms with E-state index in [1.54, 1.807) is 0 Å². The maximum atomic E-state index is 5.93. The van der Waals surface area contributed by atoms with Gasteiger partial charge in [-0.1, -0.05) is 59.8 Å². The van der Waals surface area contributed by atoms with Gasteiger partial charge in [0.15, 0.2) is 0 Å². The highest BCUT2D eigenvalue weighted by Gasteiger charge is 2.32. The molecule has 1 unspecified atom stereocenters. The van der Waals surface area contributed by atoms with Crippen molar-refractivity contribution in [3.05, 3.63) is 0 Å². The molecule has 0 aromatic heterocycles. The van der Waals surface area contributed by atoms with Gasteiger partial charge in [-0.25, -0.2) is 0 Å². The molecule has 0 aliphatic carbocycles. The Bertz CT molecular complexity index is 119. The molecule has 0 aromatic rings. The lowest BCUT2D eigenvalue weighted by molar-refractivity contribution is 0.129. The third-order valence-electron chi connectivity index (χ3n) is 4.17. The van der Waals surface area contributed by atoms with Gasteiger partial charge in [0, 0.05) is 0 Å². The van der Waals surface area contributed by atoms with E-state index in [4.69, 9.17) is 5.73 Å². The van der Waals surface area contributed by atoms with E-state index < -0.39 is 0 Å². The van der Waals surface area contributed by atoms with Crippen molar-refractivity contribution in [1.29, 1.82) is 0 Å². The molecule has 86 valence electrons. The fraction of sp³-hybridized carbons (Fsp3) is 1.00. The predicted octanol–water partition coefficient (Wildman–Crippen LogP) is 3.97. The number of nitrogens with two attached hydrogens (primary N) is 1. The summed E-state index contributed by atoms with van der Waals surface area (Å²) >= 11 is 0. The number of rotatable bonds is 8. The molecule has 2 N–H and O–H groups in total. The highest BCUT2D eigenvalue weighted by atomic mass is 14.6. The molecule has 0 heterocycles. The van der Waals surface area contributed by atoms with E-state index in [0.717, 1.165) is 12.5 Å². The summed E-state index contributed by atoms with van der Waals surface area (Å²) in [6.45, 7) is 10.1. The third kappa shape index (κ3) is 3.27. The minimum atomic E-state index is 0.518. The van der Waals surface area contributed by atoms with Crippen LogP contribution in [0.5, 0.6) is 0 Å². The van der Waals surface area contributed by atoms with Crippen LogP contribution in [0, 0.1) is 11.3 Å². The SMILES string of the molecule is CCCCC(CN)C(CC)(CC)CC. The van der Waals surface area contributed by atoms with E-state index in [0.29, 0.717) is 5.41 Å². The smallest absolute Gasteiger partial charge is 0.00436 e. The van der Waals surface area contributed by atoms with E-state index in [1.807, 2.05) is 0 Å². The van der Waals surface area contributed by atoms with Crippen LogP contribution < -0.4 is 5.73 Å². The maximum absolute atomic E-state index is 5.93. The molecule has 0 bridgehead atoms. The number of hydrogen-bond donors (Lipinski definition) is 1. The molecule has 0 aromatic carbocycles. The molecule has 0 aliphatic rings. The normalized spacial score (nSPS) is 14.4. The monoisotopic (exact) mass is 199 g/mol. The molecular weight excluding hydrogens is 170 g/mol. The Hall–Kier alpha value is -0.0400. The van der Waals surface area contributed by atoms with Crippen molar-refractivity contribution >= 4 is 0 Å². The van der Waals surface area contributed by atoms with Crippen molar-refractivity contribution in [3.8, 4) is 0 Å². The van der Waals surface area contributed by atoms with Crippen LogP contribution in [0.25, 0.3) is 0 Å². The second-order valence-electron chi connectivity index (χ2n) is 4.50. The third-order valence-corrected chi connectivity index (χ3v) is 4.17. The van der Waals surface area contributed by atoms with Gasteiger partial charge >= 0.3 is 0 Å². The lowest BCUT2D eigenvalue weighted by atomic mass is 9.67. The molecule has 0 radical (unpaired) electrons. The first-order chi connectivity index (χ1) is 6.70. The van der Waals surface area contributed by atoms with Crippen LogP contribution in [0.3, 0.4) is 0 Å². The van der Waals surface area contributed by atoms with Crippen molar-refractivity contribution in [1.82, 2.24) is 0 Å². The van der Waals surface area contributed by atoms with Gasteiger partial charge in [-0.2, -0.15) is 0 Å². The quantitative estimate of drug-likeness (QED) is 0.629. The Kier molecular flexibility index (Phi) is 7.26. The van der Waals surface area contributed by atoms with Crippen LogP contribution in [0.2, 0.25) is 0 Å². The topological polar surface area (TPSA) is 26.0 Å². The first-order valence-corrected chi connectivity index (χ1v) is 6.40. The van der Waals surface area contributed by atoms with Crippen molar-refractivity contribution in [2.75, 3.05) is 6.54 Å². The Morgan fingerprint density at radius 2 is 1.50 bits per heavy atom. The zero-order chi connectivity index (χ0) is 11.0. The largest absolute Gasteiger partial charge is 0.330 e. The van der Waals surface area contributed by atoms with E-state index in [1.165, 1.54) is 38.5 Å². The molecule has 0 rings (SSSR count). The summed E-state index contributed by atoms with van der Waals surface area (Å²) in [5.74, 6) is 0.738. The molecule has 0 spiro atoms. The van der Waals surface area contributed by atoms with Crippen LogP contribution in [-0.2, 0) is 0 Å². The minimum Gasteiger partial charge on any atom is -0.330 e. The number of unbranched alkanes of at least 4 members (excludes halogenated alkanes) is 1. The van der Waals surface area contributed by atoms with Crippen molar-refractivity contribution in [3.63, 3.8) is 0 Å². The van der Waals surface area contributed by atoms with E-state index in [2.05, 4.69) is 27.7 Å². The zero-order valence-corrected chi connectivity index (χ0v) is 10.6. The Labute approximate surface area is 90.5 Å².